The Hall–Kier alpha value is -0.880. The molecular weight excluding hydrogens is 338 g/mol. The number of nitrogens with two attached hydrogens (primary N) is 1. The summed E-state index contributed by atoms with van der Waals surface area (Å²) in [7, 11) is 0. The van der Waals surface area contributed by atoms with Gasteiger partial charge < -0.3 is 15.6 Å². The van der Waals surface area contributed by atoms with Crippen molar-refractivity contribution in [3.05, 3.63) is 50.6 Å². The fraction of sp³-hybridized carbons (Fsp3) is 0.333. The fourth-order valence-electron chi connectivity index (χ4n) is 2.12. The zero-order valence-electron chi connectivity index (χ0n) is 11.3. The minimum atomic E-state index is -0.604. The van der Waals surface area contributed by atoms with E-state index in [4.69, 9.17) is 10.5 Å². The van der Waals surface area contributed by atoms with Gasteiger partial charge in [0.15, 0.2) is 0 Å². The van der Waals surface area contributed by atoms with E-state index in [0.29, 0.717) is 13.2 Å². The Morgan fingerprint density at radius 2 is 2.00 bits per heavy atom. The number of aliphatic hydroxyl groups excluding tert-OH is 1. The van der Waals surface area contributed by atoms with Gasteiger partial charge in [0.25, 0.3) is 0 Å². The van der Waals surface area contributed by atoms with Gasteiger partial charge in [-0.05, 0) is 52.0 Å². The van der Waals surface area contributed by atoms with E-state index < -0.39 is 6.10 Å². The van der Waals surface area contributed by atoms with Crippen molar-refractivity contribution in [3.63, 3.8) is 0 Å². The summed E-state index contributed by atoms with van der Waals surface area (Å²) in [6.45, 7) is 2.98. The normalized spacial score (nSPS) is 14.0. The topological polar surface area (TPSA) is 55.5 Å². The Morgan fingerprint density at radius 1 is 1.30 bits per heavy atom. The van der Waals surface area contributed by atoms with Gasteiger partial charge in [-0.1, -0.05) is 12.1 Å². The number of benzene rings is 1. The number of aliphatic hydroxyl groups is 1. The van der Waals surface area contributed by atoms with Gasteiger partial charge in [-0.3, -0.25) is 0 Å². The van der Waals surface area contributed by atoms with Crippen molar-refractivity contribution in [3.8, 4) is 5.75 Å². The summed E-state index contributed by atoms with van der Waals surface area (Å²) < 4.78 is 6.36. The van der Waals surface area contributed by atoms with Gasteiger partial charge in [0.1, 0.15) is 5.75 Å². The molecule has 3 N–H and O–H groups in total. The molecule has 0 aliphatic rings. The highest BCUT2D eigenvalue weighted by Crippen LogP contribution is 2.37. The molecule has 0 aliphatic carbocycles. The van der Waals surface area contributed by atoms with Crippen LogP contribution in [0.4, 0.5) is 0 Å². The van der Waals surface area contributed by atoms with Crippen LogP contribution in [-0.4, -0.2) is 18.3 Å². The van der Waals surface area contributed by atoms with E-state index in [1.165, 1.54) is 11.3 Å². The van der Waals surface area contributed by atoms with Gasteiger partial charge in [-0.15, -0.1) is 11.3 Å². The lowest BCUT2D eigenvalue weighted by molar-refractivity contribution is 0.150. The average molecular weight is 356 g/mol. The third kappa shape index (κ3) is 3.41. The minimum absolute atomic E-state index is 0.124. The van der Waals surface area contributed by atoms with Crippen LogP contribution in [0.1, 0.15) is 29.4 Å². The first-order valence-corrected chi connectivity index (χ1v) is 8.18. The van der Waals surface area contributed by atoms with Crippen LogP contribution in [-0.2, 0) is 0 Å². The van der Waals surface area contributed by atoms with Gasteiger partial charge in [0.05, 0.1) is 12.7 Å². The van der Waals surface area contributed by atoms with Crippen LogP contribution in [0.15, 0.2) is 40.2 Å². The van der Waals surface area contributed by atoms with E-state index in [1.807, 2.05) is 42.6 Å². The highest BCUT2D eigenvalue weighted by atomic mass is 79.9. The first-order valence-electron chi connectivity index (χ1n) is 6.51. The zero-order chi connectivity index (χ0) is 14.5. The maximum atomic E-state index is 10.5. The number of rotatable bonds is 6. The Bertz CT molecular complexity index is 541. The Balaban J connectivity index is 2.21. The number of thiophene rings is 1. The lowest BCUT2D eigenvalue weighted by atomic mass is 9.92. The van der Waals surface area contributed by atoms with Crippen LogP contribution in [0, 0.1) is 0 Å². The predicted molar refractivity (Wildman–Crippen MR) is 86.4 cm³/mol. The number of hydrogen-bond donors (Lipinski definition) is 2. The number of halogens is 1. The molecule has 0 saturated heterocycles. The second-order valence-electron chi connectivity index (χ2n) is 4.42. The van der Waals surface area contributed by atoms with Crippen molar-refractivity contribution in [1.82, 2.24) is 0 Å². The van der Waals surface area contributed by atoms with Crippen molar-refractivity contribution in [2.45, 2.75) is 18.9 Å². The molecule has 1 heterocycles. The maximum absolute atomic E-state index is 10.5. The molecule has 0 amide bonds. The molecular formula is C15H18BrNO2S. The highest BCUT2D eigenvalue weighted by Gasteiger charge is 2.24. The van der Waals surface area contributed by atoms with Crippen LogP contribution >= 0.6 is 27.3 Å². The highest BCUT2D eigenvalue weighted by molar-refractivity contribution is 9.10. The SMILES string of the molecule is CCOc1ccc(C(CN)C(O)c2sccc2Br)cc1. The summed E-state index contributed by atoms with van der Waals surface area (Å²) in [5, 5.41) is 12.5. The molecule has 3 nitrogen and oxygen atoms in total. The Labute approximate surface area is 131 Å². The largest absolute Gasteiger partial charge is 0.494 e. The molecule has 5 heteroatoms. The third-order valence-corrected chi connectivity index (χ3v) is 5.11. The van der Waals surface area contributed by atoms with E-state index in [1.54, 1.807) is 0 Å². The van der Waals surface area contributed by atoms with Crippen molar-refractivity contribution < 1.29 is 9.84 Å². The van der Waals surface area contributed by atoms with Crippen LogP contribution in [0.25, 0.3) is 0 Å². The van der Waals surface area contributed by atoms with Gasteiger partial charge in [0.2, 0.25) is 0 Å². The van der Waals surface area contributed by atoms with Gasteiger partial charge >= 0.3 is 0 Å². The molecule has 0 fully saturated rings. The van der Waals surface area contributed by atoms with Crippen molar-refractivity contribution >= 4 is 27.3 Å². The summed E-state index contributed by atoms with van der Waals surface area (Å²) >= 11 is 4.99. The molecule has 108 valence electrons. The quantitative estimate of drug-likeness (QED) is 0.830. The summed E-state index contributed by atoms with van der Waals surface area (Å²) in [5.41, 5.74) is 6.87. The molecule has 2 unspecified atom stereocenters. The zero-order valence-corrected chi connectivity index (χ0v) is 13.7. The summed E-state index contributed by atoms with van der Waals surface area (Å²) in [6, 6.07) is 9.70. The Morgan fingerprint density at radius 3 is 2.50 bits per heavy atom. The van der Waals surface area contributed by atoms with Crippen LogP contribution in [0.2, 0.25) is 0 Å². The molecule has 0 aliphatic heterocycles. The lowest BCUT2D eigenvalue weighted by Crippen LogP contribution is -2.19. The number of hydrogen-bond acceptors (Lipinski definition) is 4. The minimum Gasteiger partial charge on any atom is -0.494 e. The standard InChI is InChI=1S/C15H18BrNO2S/c1-2-19-11-5-3-10(4-6-11)12(9-17)14(18)15-13(16)7-8-20-15/h3-8,12,14,18H,2,9,17H2,1H3. The molecule has 20 heavy (non-hydrogen) atoms. The first kappa shape index (κ1) is 15.5. The molecule has 2 aromatic rings. The van der Waals surface area contributed by atoms with E-state index >= 15 is 0 Å². The second-order valence-corrected chi connectivity index (χ2v) is 6.22. The van der Waals surface area contributed by atoms with Gasteiger partial charge in [-0.25, -0.2) is 0 Å². The predicted octanol–water partition coefficient (Wildman–Crippen LogP) is 3.69. The molecule has 0 saturated carbocycles. The van der Waals surface area contributed by atoms with Gasteiger partial charge in [-0.2, -0.15) is 0 Å². The smallest absolute Gasteiger partial charge is 0.119 e. The monoisotopic (exact) mass is 355 g/mol. The van der Waals surface area contributed by atoms with E-state index in [2.05, 4.69) is 15.9 Å². The van der Waals surface area contributed by atoms with Crippen LogP contribution in [0.5, 0.6) is 5.75 Å². The maximum Gasteiger partial charge on any atom is 0.119 e. The molecule has 0 bridgehead atoms. The van der Waals surface area contributed by atoms with Crippen LogP contribution in [0.3, 0.4) is 0 Å². The molecule has 2 atom stereocenters. The molecule has 2 rings (SSSR count). The van der Waals surface area contributed by atoms with Crippen molar-refractivity contribution in [2.24, 2.45) is 5.73 Å². The van der Waals surface area contributed by atoms with Gasteiger partial charge in [0, 0.05) is 21.8 Å². The molecule has 1 aromatic carbocycles. The fourth-order valence-corrected chi connectivity index (χ4v) is 3.78. The first-order chi connectivity index (χ1) is 9.67. The summed E-state index contributed by atoms with van der Waals surface area (Å²) in [6.07, 6.45) is -0.604. The second kappa shape index (κ2) is 7.22. The van der Waals surface area contributed by atoms with E-state index in [9.17, 15) is 5.11 Å². The van der Waals surface area contributed by atoms with Crippen molar-refractivity contribution in [1.29, 1.82) is 0 Å². The lowest BCUT2D eigenvalue weighted by Gasteiger charge is -2.21. The van der Waals surface area contributed by atoms with Crippen molar-refractivity contribution in [2.75, 3.05) is 13.2 Å². The van der Waals surface area contributed by atoms with Crippen LogP contribution < -0.4 is 10.5 Å². The summed E-state index contributed by atoms with van der Waals surface area (Å²) in [5.74, 6) is 0.708. The Kier molecular flexibility index (Phi) is 5.60. The molecule has 0 radical (unpaired) electrons. The van der Waals surface area contributed by atoms with E-state index in [0.717, 1.165) is 20.7 Å². The average Bonchev–Trinajstić information content (AvgIpc) is 2.88. The summed E-state index contributed by atoms with van der Waals surface area (Å²) in [4.78, 5) is 0.911. The molecule has 1 aromatic heterocycles. The number of ether oxygens (including phenoxy) is 1. The van der Waals surface area contributed by atoms with E-state index in [-0.39, 0.29) is 5.92 Å². The molecule has 0 spiro atoms. The third-order valence-electron chi connectivity index (χ3n) is 3.17.